The van der Waals surface area contributed by atoms with Gasteiger partial charge in [0.15, 0.2) is 0 Å². The molecule has 6 heteroatoms. The number of hydrogen-bond donors (Lipinski definition) is 1. The molecule has 2 fully saturated rings. The van der Waals surface area contributed by atoms with Gasteiger partial charge in [-0.1, -0.05) is 43.5 Å². The lowest BCUT2D eigenvalue weighted by Gasteiger charge is -2.42. The van der Waals surface area contributed by atoms with Crippen molar-refractivity contribution < 1.29 is 9.59 Å². The predicted molar refractivity (Wildman–Crippen MR) is 129 cm³/mol. The van der Waals surface area contributed by atoms with Crippen molar-refractivity contribution in [1.29, 1.82) is 0 Å². The lowest BCUT2D eigenvalue weighted by molar-refractivity contribution is -0.142. The van der Waals surface area contributed by atoms with Crippen LogP contribution in [0.4, 0.5) is 0 Å². The molecule has 1 aliphatic heterocycles. The van der Waals surface area contributed by atoms with Crippen LogP contribution in [-0.4, -0.2) is 46.3 Å². The van der Waals surface area contributed by atoms with Crippen molar-refractivity contribution in [3.05, 3.63) is 48.5 Å². The highest BCUT2D eigenvalue weighted by molar-refractivity contribution is 5.85. The number of hydrogen-bond acceptors (Lipinski definition) is 4. The normalized spacial score (nSPS) is 21.5. The third kappa shape index (κ3) is 5.60. The van der Waals surface area contributed by atoms with E-state index in [1.165, 1.54) is 25.6 Å². The molecule has 2 aliphatic rings. The molecule has 0 radical (unpaired) electrons. The monoisotopic (exact) mass is 448 g/mol. The minimum atomic E-state index is -0.623. The molecule has 1 saturated carbocycles. The average molecular weight is 449 g/mol. The Morgan fingerprint density at radius 2 is 1.85 bits per heavy atom. The SMILES string of the molecule is CCNC(=O)[C@@]1(Cc2ccccc2-c2cncnc2)CCCN(C(=O)CC2CCCCC2)C1. The minimum Gasteiger partial charge on any atom is -0.356 e. The molecule has 2 aromatic rings. The second kappa shape index (κ2) is 10.9. The van der Waals surface area contributed by atoms with Crippen LogP contribution in [0.5, 0.6) is 0 Å². The Labute approximate surface area is 197 Å². The van der Waals surface area contributed by atoms with Gasteiger partial charge in [-0.3, -0.25) is 9.59 Å². The van der Waals surface area contributed by atoms with Crippen molar-refractivity contribution in [1.82, 2.24) is 20.2 Å². The molecule has 1 aromatic heterocycles. The molecule has 176 valence electrons. The van der Waals surface area contributed by atoms with Crippen LogP contribution in [0, 0.1) is 11.3 Å². The van der Waals surface area contributed by atoms with Crippen molar-refractivity contribution in [3.8, 4) is 11.1 Å². The summed E-state index contributed by atoms with van der Waals surface area (Å²) in [6.45, 7) is 3.78. The Hall–Kier alpha value is -2.76. The molecule has 1 atom stereocenters. The summed E-state index contributed by atoms with van der Waals surface area (Å²) in [6.07, 6.45) is 14.1. The first-order valence-corrected chi connectivity index (χ1v) is 12.5. The van der Waals surface area contributed by atoms with Crippen LogP contribution < -0.4 is 5.32 Å². The summed E-state index contributed by atoms with van der Waals surface area (Å²) in [4.78, 5) is 37.0. The van der Waals surface area contributed by atoms with Gasteiger partial charge in [-0.05, 0) is 56.1 Å². The van der Waals surface area contributed by atoms with E-state index < -0.39 is 5.41 Å². The zero-order chi connectivity index (χ0) is 23.1. The number of amides is 2. The minimum absolute atomic E-state index is 0.0549. The molecule has 33 heavy (non-hydrogen) atoms. The molecule has 1 aliphatic carbocycles. The number of carbonyl (C=O) groups is 2. The van der Waals surface area contributed by atoms with E-state index in [0.29, 0.717) is 31.8 Å². The quantitative estimate of drug-likeness (QED) is 0.681. The Bertz CT molecular complexity index is 942. The maximum atomic E-state index is 13.5. The van der Waals surface area contributed by atoms with Crippen molar-refractivity contribution >= 4 is 11.8 Å². The summed E-state index contributed by atoms with van der Waals surface area (Å²) in [5.74, 6) is 0.783. The van der Waals surface area contributed by atoms with Gasteiger partial charge in [-0.25, -0.2) is 9.97 Å². The van der Waals surface area contributed by atoms with Crippen LogP contribution in [0.2, 0.25) is 0 Å². The van der Waals surface area contributed by atoms with Gasteiger partial charge in [0.1, 0.15) is 6.33 Å². The molecule has 0 bridgehead atoms. The molecule has 1 saturated heterocycles. The van der Waals surface area contributed by atoms with Crippen LogP contribution >= 0.6 is 0 Å². The van der Waals surface area contributed by atoms with Crippen molar-refractivity contribution in [2.24, 2.45) is 11.3 Å². The molecule has 2 amide bonds. The van der Waals surface area contributed by atoms with E-state index in [2.05, 4.69) is 27.4 Å². The third-order valence-corrected chi connectivity index (χ3v) is 7.35. The standard InChI is InChI=1S/C27H36N4O2/c1-2-30-26(33)27(16-22-11-6-7-12-24(22)23-17-28-20-29-18-23)13-8-14-31(19-27)25(32)15-21-9-4-3-5-10-21/h6-7,11-12,17-18,20-21H,2-5,8-10,13-16,19H2,1H3,(H,30,33)/t27-/m1/s1. The maximum absolute atomic E-state index is 13.5. The van der Waals surface area contributed by atoms with E-state index in [4.69, 9.17) is 0 Å². The lowest BCUT2D eigenvalue weighted by atomic mass is 9.73. The summed E-state index contributed by atoms with van der Waals surface area (Å²) >= 11 is 0. The number of rotatable bonds is 7. The molecule has 4 rings (SSSR count). The lowest BCUT2D eigenvalue weighted by Crippen LogP contribution is -2.54. The number of piperidine rings is 1. The topological polar surface area (TPSA) is 75.2 Å². The van der Waals surface area contributed by atoms with E-state index in [1.54, 1.807) is 0 Å². The van der Waals surface area contributed by atoms with Crippen LogP contribution in [-0.2, 0) is 16.0 Å². The first-order valence-electron chi connectivity index (χ1n) is 12.5. The van der Waals surface area contributed by atoms with Crippen LogP contribution in [0.25, 0.3) is 11.1 Å². The van der Waals surface area contributed by atoms with Gasteiger partial charge in [0.2, 0.25) is 11.8 Å². The van der Waals surface area contributed by atoms with Gasteiger partial charge < -0.3 is 10.2 Å². The van der Waals surface area contributed by atoms with Crippen LogP contribution in [0.3, 0.4) is 0 Å². The Kier molecular flexibility index (Phi) is 7.73. The van der Waals surface area contributed by atoms with E-state index in [0.717, 1.165) is 48.9 Å². The maximum Gasteiger partial charge on any atom is 0.228 e. The second-order valence-electron chi connectivity index (χ2n) is 9.73. The Morgan fingerprint density at radius 1 is 1.09 bits per heavy atom. The van der Waals surface area contributed by atoms with Gasteiger partial charge in [0.25, 0.3) is 0 Å². The Morgan fingerprint density at radius 3 is 2.61 bits per heavy atom. The molecule has 0 spiro atoms. The molecule has 6 nitrogen and oxygen atoms in total. The van der Waals surface area contributed by atoms with Gasteiger partial charge in [0.05, 0.1) is 5.41 Å². The first kappa shape index (κ1) is 23.4. The van der Waals surface area contributed by atoms with E-state index in [1.807, 2.05) is 36.4 Å². The highest BCUT2D eigenvalue weighted by Crippen LogP contribution is 2.38. The number of nitrogens with zero attached hydrogens (tertiary/aromatic N) is 3. The van der Waals surface area contributed by atoms with E-state index in [9.17, 15) is 9.59 Å². The number of nitrogens with one attached hydrogen (secondary N) is 1. The molecule has 1 N–H and O–H groups in total. The molecule has 2 heterocycles. The molecule has 1 aromatic carbocycles. The van der Waals surface area contributed by atoms with Gasteiger partial charge in [-0.15, -0.1) is 0 Å². The highest BCUT2D eigenvalue weighted by atomic mass is 16.2. The van der Waals surface area contributed by atoms with Crippen molar-refractivity contribution in [2.45, 2.75) is 64.7 Å². The largest absolute Gasteiger partial charge is 0.356 e. The summed E-state index contributed by atoms with van der Waals surface area (Å²) in [5.41, 5.74) is 2.47. The van der Waals surface area contributed by atoms with E-state index in [-0.39, 0.29) is 11.8 Å². The fourth-order valence-corrected chi connectivity index (χ4v) is 5.63. The van der Waals surface area contributed by atoms with Crippen LogP contribution in [0.15, 0.2) is 43.0 Å². The summed E-state index contributed by atoms with van der Waals surface area (Å²) < 4.78 is 0. The second-order valence-corrected chi connectivity index (χ2v) is 9.73. The third-order valence-electron chi connectivity index (χ3n) is 7.35. The number of likely N-dealkylation sites (tertiary alicyclic amines) is 1. The molecule has 0 unspecified atom stereocenters. The van der Waals surface area contributed by atoms with Crippen molar-refractivity contribution in [3.63, 3.8) is 0 Å². The highest BCUT2D eigenvalue weighted by Gasteiger charge is 2.43. The fraction of sp³-hybridized carbons (Fsp3) is 0.556. The zero-order valence-corrected chi connectivity index (χ0v) is 19.8. The van der Waals surface area contributed by atoms with Crippen LogP contribution in [0.1, 0.15) is 63.9 Å². The predicted octanol–water partition coefficient (Wildman–Crippen LogP) is 4.40. The number of benzene rings is 1. The number of carbonyl (C=O) groups excluding carboxylic acids is 2. The smallest absolute Gasteiger partial charge is 0.228 e. The fourth-order valence-electron chi connectivity index (χ4n) is 5.63. The van der Waals surface area contributed by atoms with Gasteiger partial charge in [0, 0.05) is 44.0 Å². The van der Waals surface area contributed by atoms with Crippen molar-refractivity contribution in [2.75, 3.05) is 19.6 Å². The summed E-state index contributed by atoms with van der Waals surface area (Å²) in [5, 5.41) is 3.07. The average Bonchev–Trinajstić information content (AvgIpc) is 2.86. The first-order chi connectivity index (χ1) is 16.1. The summed E-state index contributed by atoms with van der Waals surface area (Å²) in [6, 6.07) is 8.18. The Balaban J connectivity index is 1.58. The van der Waals surface area contributed by atoms with Gasteiger partial charge >= 0.3 is 0 Å². The van der Waals surface area contributed by atoms with E-state index >= 15 is 0 Å². The summed E-state index contributed by atoms with van der Waals surface area (Å²) in [7, 11) is 0. The zero-order valence-electron chi connectivity index (χ0n) is 19.8. The molecular formula is C27H36N4O2. The number of aromatic nitrogens is 2. The molecular weight excluding hydrogens is 412 g/mol. The van der Waals surface area contributed by atoms with Gasteiger partial charge in [-0.2, -0.15) is 0 Å².